The van der Waals surface area contributed by atoms with Crippen LogP contribution in [0.3, 0.4) is 0 Å². The van der Waals surface area contributed by atoms with Gasteiger partial charge in [0.1, 0.15) is 11.9 Å². The molecule has 2 heterocycles. The minimum absolute atomic E-state index is 0.0587. The van der Waals surface area contributed by atoms with Gasteiger partial charge >= 0.3 is 0 Å². The van der Waals surface area contributed by atoms with Gasteiger partial charge in [0.15, 0.2) is 0 Å². The monoisotopic (exact) mass is 326 g/mol. The van der Waals surface area contributed by atoms with E-state index in [4.69, 9.17) is 4.42 Å². The number of carbonyl (C=O) groups excluding carboxylic acids is 1. The average Bonchev–Trinajstić information content (AvgIpc) is 3.18. The number of amides is 1. The van der Waals surface area contributed by atoms with Crippen LogP contribution < -0.4 is 5.32 Å². The second-order valence-electron chi connectivity index (χ2n) is 6.22. The number of aromatic amines is 1. The number of aromatic nitrogens is 1. The summed E-state index contributed by atoms with van der Waals surface area (Å²) >= 11 is 0. The van der Waals surface area contributed by atoms with Gasteiger partial charge in [-0.05, 0) is 37.1 Å². The van der Waals surface area contributed by atoms with Gasteiger partial charge < -0.3 is 19.8 Å². The number of nitrogens with one attached hydrogen (secondary N) is 2. The molecule has 0 fully saturated rings. The first-order valence-corrected chi connectivity index (χ1v) is 8.11. The minimum atomic E-state index is -0.717. The molecule has 24 heavy (non-hydrogen) atoms. The van der Waals surface area contributed by atoms with Crippen molar-refractivity contribution in [2.45, 2.75) is 38.8 Å². The van der Waals surface area contributed by atoms with Crippen LogP contribution in [-0.2, 0) is 11.2 Å². The Labute approximate surface area is 140 Å². The lowest BCUT2D eigenvalue weighted by Crippen LogP contribution is -2.34. The van der Waals surface area contributed by atoms with Gasteiger partial charge in [-0.1, -0.05) is 18.2 Å². The zero-order valence-electron chi connectivity index (χ0n) is 13.9. The molecule has 1 aromatic carbocycles. The average molecular weight is 326 g/mol. The van der Waals surface area contributed by atoms with Crippen molar-refractivity contribution in [2.75, 3.05) is 0 Å². The van der Waals surface area contributed by atoms with Crippen LogP contribution in [0.25, 0.3) is 10.9 Å². The molecule has 3 N–H and O–H groups in total. The molecule has 0 aliphatic rings. The van der Waals surface area contributed by atoms with E-state index in [0.29, 0.717) is 18.6 Å². The molecule has 2 aromatic heterocycles. The first kappa shape index (κ1) is 16.3. The van der Waals surface area contributed by atoms with E-state index in [1.54, 1.807) is 12.1 Å². The Morgan fingerprint density at radius 1 is 1.33 bits per heavy atom. The third-order valence-corrected chi connectivity index (χ3v) is 4.22. The Kier molecular flexibility index (Phi) is 4.71. The van der Waals surface area contributed by atoms with E-state index in [2.05, 4.69) is 10.3 Å². The maximum absolute atomic E-state index is 12.3. The van der Waals surface area contributed by atoms with Crippen molar-refractivity contribution in [3.05, 3.63) is 59.7 Å². The van der Waals surface area contributed by atoms with Gasteiger partial charge in [-0.3, -0.25) is 4.79 Å². The maximum atomic E-state index is 12.3. The van der Waals surface area contributed by atoms with Crippen LogP contribution in [0.5, 0.6) is 0 Å². The fourth-order valence-electron chi connectivity index (χ4n) is 3.00. The third kappa shape index (κ3) is 3.51. The second kappa shape index (κ2) is 6.93. The number of aliphatic hydroxyl groups excluding tert-OH is 1. The molecule has 0 saturated carbocycles. The van der Waals surface area contributed by atoms with E-state index < -0.39 is 6.10 Å². The number of hydrogen-bond donors (Lipinski definition) is 3. The maximum Gasteiger partial charge on any atom is 0.224 e. The van der Waals surface area contributed by atoms with Crippen molar-refractivity contribution in [2.24, 2.45) is 0 Å². The van der Waals surface area contributed by atoms with Crippen LogP contribution in [0.4, 0.5) is 0 Å². The van der Waals surface area contributed by atoms with Crippen LogP contribution in [0.1, 0.15) is 36.3 Å². The fourth-order valence-corrected chi connectivity index (χ4v) is 3.00. The smallest absolute Gasteiger partial charge is 0.224 e. The topological polar surface area (TPSA) is 78.3 Å². The van der Waals surface area contributed by atoms with Crippen LogP contribution in [0.15, 0.2) is 47.2 Å². The number of benzene rings is 1. The highest BCUT2D eigenvalue weighted by Gasteiger charge is 2.17. The fraction of sp³-hybridized carbons (Fsp3) is 0.316. The molecular formula is C19H22N2O3. The summed E-state index contributed by atoms with van der Waals surface area (Å²) in [7, 11) is 0. The summed E-state index contributed by atoms with van der Waals surface area (Å²) in [4.78, 5) is 15.5. The van der Waals surface area contributed by atoms with Gasteiger partial charge in [-0.15, -0.1) is 0 Å². The molecule has 126 valence electrons. The number of fused-ring (bicyclic) bond motifs is 1. The first-order chi connectivity index (χ1) is 11.5. The van der Waals surface area contributed by atoms with Crippen LogP contribution >= 0.6 is 0 Å². The van der Waals surface area contributed by atoms with Crippen LogP contribution in [-0.4, -0.2) is 22.0 Å². The molecule has 5 heteroatoms. The summed E-state index contributed by atoms with van der Waals surface area (Å²) < 4.78 is 5.18. The van der Waals surface area contributed by atoms with E-state index in [0.717, 1.165) is 22.0 Å². The van der Waals surface area contributed by atoms with Gasteiger partial charge in [0.2, 0.25) is 5.91 Å². The SMILES string of the molecule is Cc1cccc2c(CC(=O)NC(C)CC(O)c3ccco3)c[nH]c12. The predicted molar refractivity (Wildman–Crippen MR) is 92.6 cm³/mol. The lowest BCUT2D eigenvalue weighted by atomic mass is 10.1. The van der Waals surface area contributed by atoms with Crippen molar-refractivity contribution >= 4 is 16.8 Å². The van der Waals surface area contributed by atoms with E-state index in [9.17, 15) is 9.90 Å². The van der Waals surface area contributed by atoms with E-state index in [1.807, 2.05) is 38.2 Å². The van der Waals surface area contributed by atoms with Crippen molar-refractivity contribution in [3.8, 4) is 0 Å². The van der Waals surface area contributed by atoms with Crippen molar-refractivity contribution in [1.29, 1.82) is 0 Å². The number of H-pyrrole nitrogens is 1. The molecule has 2 unspecified atom stereocenters. The van der Waals surface area contributed by atoms with Gasteiger partial charge in [0.05, 0.1) is 12.7 Å². The quantitative estimate of drug-likeness (QED) is 0.651. The Morgan fingerprint density at radius 3 is 2.92 bits per heavy atom. The number of aryl methyl sites for hydroxylation is 1. The predicted octanol–water partition coefficient (Wildman–Crippen LogP) is 3.24. The lowest BCUT2D eigenvalue weighted by Gasteiger charge is -2.16. The van der Waals surface area contributed by atoms with Gasteiger partial charge in [-0.25, -0.2) is 0 Å². The third-order valence-electron chi connectivity index (χ3n) is 4.22. The normalized spacial score (nSPS) is 13.8. The molecule has 0 aliphatic heterocycles. The Hall–Kier alpha value is -2.53. The number of hydrogen-bond acceptors (Lipinski definition) is 3. The summed E-state index contributed by atoms with van der Waals surface area (Å²) in [5, 5.41) is 14.1. The van der Waals surface area contributed by atoms with Gasteiger partial charge in [0.25, 0.3) is 0 Å². The van der Waals surface area contributed by atoms with Crippen LogP contribution in [0, 0.1) is 6.92 Å². The zero-order valence-corrected chi connectivity index (χ0v) is 13.9. The van der Waals surface area contributed by atoms with Crippen LogP contribution in [0.2, 0.25) is 0 Å². The molecule has 5 nitrogen and oxygen atoms in total. The minimum Gasteiger partial charge on any atom is -0.467 e. The lowest BCUT2D eigenvalue weighted by molar-refractivity contribution is -0.121. The molecule has 0 saturated heterocycles. The van der Waals surface area contributed by atoms with Gasteiger partial charge in [-0.2, -0.15) is 0 Å². The van der Waals surface area contributed by atoms with E-state index in [1.165, 1.54) is 6.26 Å². The summed E-state index contributed by atoms with van der Waals surface area (Å²) in [5.41, 5.74) is 3.21. The molecule has 1 amide bonds. The summed E-state index contributed by atoms with van der Waals surface area (Å²) in [6.45, 7) is 3.92. The summed E-state index contributed by atoms with van der Waals surface area (Å²) in [5.74, 6) is 0.458. The van der Waals surface area contributed by atoms with E-state index in [-0.39, 0.29) is 11.9 Å². The van der Waals surface area contributed by atoms with Crippen molar-refractivity contribution in [3.63, 3.8) is 0 Å². The Balaban J connectivity index is 1.59. The van der Waals surface area contributed by atoms with Crippen molar-refractivity contribution in [1.82, 2.24) is 10.3 Å². The first-order valence-electron chi connectivity index (χ1n) is 8.11. The molecule has 0 aliphatic carbocycles. The molecular weight excluding hydrogens is 304 g/mol. The number of rotatable bonds is 6. The Morgan fingerprint density at radius 2 is 2.17 bits per heavy atom. The highest BCUT2D eigenvalue weighted by Crippen LogP contribution is 2.22. The second-order valence-corrected chi connectivity index (χ2v) is 6.22. The highest BCUT2D eigenvalue weighted by molar-refractivity contribution is 5.90. The highest BCUT2D eigenvalue weighted by atomic mass is 16.4. The number of para-hydroxylation sites is 1. The van der Waals surface area contributed by atoms with Crippen molar-refractivity contribution < 1.29 is 14.3 Å². The van der Waals surface area contributed by atoms with Gasteiger partial charge in [0, 0.05) is 29.6 Å². The summed E-state index contributed by atoms with van der Waals surface area (Å²) in [6.07, 6.45) is 3.42. The molecule has 3 aromatic rings. The Bertz CT molecular complexity index is 820. The number of aliphatic hydroxyl groups is 1. The number of carbonyl (C=O) groups is 1. The molecule has 0 radical (unpaired) electrons. The number of furan rings is 1. The standard InChI is InChI=1S/C19H22N2O3/c1-12-5-3-6-15-14(11-20-19(12)15)10-18(23)21-13(2)9-16(22)17-7-4-8-24-17/h3-8,11,13,16,20,22H,9-10H2,1-2H3,(H,21,23). The summed E-state index contributed by atoms with van der Waals surface area (Å²) in [6, 6.07) is 9.38. The molecule has 3 rings (SSSR count). The molecule has 0 bridgehead atoms. The zero-order chi connectivity index (χ0) is 17.1. The molecule has 2 atom stereocenters. The van der Waals surface area contributed by atoms with E-state index >= 15 is 0 Å². The molecule has 0 spiro atoms. The largest absolute Gasteiger partial charge is 0.467 e.